The Kier molecular flexibility index (Phi) is 7.62. The summed E-state index contributed by atoms with van der Waals surface area (Å²) < 4.78 is 64.8. The molecule has 1 aliphatic rings. The molecule has 4 nitrogen and oxygen atoms in total. The minimum Gasteiger partial charge on any atom is -0.489 e. The first kappa shape index (κ1) is 27.7. The van der Waals surface area contributed by atoms with Crippen LogP contribution in [0.25, 0.3) is 16.6 Å². The summed E-state index contributed by atoms with van der Waals surface area (Å²) in [5.74, 6) is -1.71. The Bertz CT molecular complexity index is 1520. The van der Waals surface area contributed by atoms with Crippen LogP contribution in [0.5, 0.6) is 5.75 Å². The summed E-state index contributed by atoms with van der Waals surface area (Å²) >= 11 is 0. The van der Waals surface area contributed by atoms with Gasteiger partial charge in [-0.25, -0.2) is 9.18 Å². The van der Waals surface area contributed by atoms with E-state index in [1.165, 1.54) is 6.07 Å². The molecule has 0 bridgehead atoms. The van der Waals surface area contributed by atoms with E-state index in [9.17, 15) is 22.4 Å². The third kappa shape index (κ3) is 5.58. The van der Waals surface area contributed by atoms with Crippen LogP contribution in [0, 0.1) is 18.7 Å². The molecule has 1 aromatic heterocycles. The third-order valence-corrected chi connectivity index (χ3v) is 7.54. The van der Waals surface area contributed by atoms with Gasteiger partial charge in [-0.05, 0) is 90.6 Å². The molecule has 0 amide bonds. The molecule has 5 rings (SSSR count). The molecule has 1 saturated carbocycles. The van der Waals surface area contributed by atoms with Crippen LogP contribution in [0.4, 0.5) is 17.6 Å². The summed E-state index contributed by atoms with van der Waals surface area (Å²) in [6.45, 7) is 6.08. The van der Waals surface area contributed by atoms with E-state index in [0.29, 0.717) is 30.8 Å². The highest BCUT2D eigenvalue weighted by molar-refractivity contribution is 5.89. The molecule has 0 atom stereocenters. The van der Waals surface area contributed by atoms with Gasteiger partial charge in [0.1, 0.15) is 18.2 Å². The topological polar surface area (TPSA) is 40.5 Å². The zero-order valence-corrected chi connectivity index (χ0v) is 22.6. The highest BCUT2D eigenvalue weighted by Crippen LogP contribution is 2.49. The first-order chi connectivity index (χ1) is 19.0. The largest absolute Gasteiger partial charge is 0.490 e. The number of hydrogen-bond acceptors (Lipinski definition) is 3. The summed E-state index contributed by atoms with van der Waals surface area (Å²) in [4.78, 5) is 11.2. The molecule has 0 N–H and O–H groups in total. The lowest BCUT2D eigenvalue weighted by Gasteiger charge is -2.36. The van der Waals surface area contributed by atoms with Crippen molar-refractivity contribution < 1.29 is 31.8 Å². The molecule has 1 fully saturated rings. The number of rotatable bonds is 8. The molecule has 40 heavy (non-hydrogen) atoms. The molecular weight excluding hydrogens is 522 g/mol. The van der Waals surface area contributed by atoms with Crippen LogP contribution < -0.4 is 4.74 Å². The van der Waals surface area contributed by atoms with Crippen molar-refractivity contribution in [2.24, 2.45) is 5.92 Å². The standard InChI is InChI=1S/C32H31F4NO3/c1-19(2)30-29(23-14-22(15-23)18-40-31(38)32(34,35)36)26-16-25(39-17-21-7-5-4-6-8-21)10-12-28(26)37(30)24-9-11-27(33)20(3)13-24/h4-13,16,19,22-23H,14-15,17-18H2,1-3H3. The summed E-state index contributed by atoms with van der Waals surface area (Å²) in [6.07, 6.45) is -3.80. The molecule has 0 unspecified atom stereocenters. The number of esters is 1. The number of hydrogen-bond donors (Lipinski definition) is 0. The second-order valence-electron chi connectivity index (χ2n) is 10.8. The molecular formula is C32H31F4NO3. The predicted molar refractivity (Wildman–Crippen MR) is 145 cm³/mol. The maximum Gasteiger partial charge on any atom is 0.490 e. The Labute approximate surface area is 230 Å². The van der Waals surface area contributed by atoms with Crippen LogP contribution in [0.2, 0.25) is 0 Å². The van der Waals surface area contributed by atoms with Gasteiger partial charge < -0.3 is 14.0 Å². The van der Waals surface area contributed by atoms with Crippen molar-refractivity contribution in [3.05, 3.63) is 94.9 Å². The number of carbonyl (C=O) groups is 1. The first-order valence-corrected chi connectivity index (χ1v) is 13.4. The predicted octanol–water partition coefficient (Wildman–Crippen LogP) is 8.38. The van der Waals surface area contributed by atoms with Crippen molar-refractivity contribution in [3.63, 3.8) is 0 Å². The minimum absolute atomic E-state index is 0.0710. The van der Waals surface area contributed by atoms with Gasteiger partial charge in [-0.15, -0.1) is 0 Å². The van der Waals surface area contributed by atoms with Gasteiger partial charge in [0.2, 0.25) is 0 Å². The molecule has 1 heterocycles. The number of aryl methyl sites for hydroxylation is 1. The van der Waals surface area contributed by atoms with Crippen molar-refractivity contribution >= 4 is 16.9 Å². The van der Waals surface area contributed by atoms with Crippen molar-refractivity contribution in [1.29, 1.82) is 0 Å². The number of nitrogens with zero attached hydrogens (tertiary/aromatic N) is 1. The number of fused-ring (bicyclic) bond motifs is 1. The van der Waals surface area contributed by atoms with E-state index >= 15 is 0 Å². The Morgan fingerprint density at radius 2 is 1.75 bits per heavy atom. The zero-order valence-electron chi connectivity index (χ0n) is 22.6. The third-order valence-electron chi connectivity index (χ3n) is 7.54. The van der Waals surface area contributed by atoms with E-state index in [4.69, 9.17) is 4.74 Å². The Morgan fingerprint density at radius 1 is 1.02 bits per heavy atom. The van der Waals surface area contributed by atoms with Gasteiger partial charge in [0, 0.05) is 16.8 Å². The molecule has 210 valence electrons. The zero-order chi connectivity index (χ0) is 28.6. The highest BCUT2D eigenvalue weighted by atomic mass is 19.4. The van der Waals surface area contributed by atoms with E-state index < -0.39 is 12.1 Å². The number of benzene rings is 3. The Morgan fingerprint density at radius 3 is 2.40 bits per heavy atom. The van der Waals surface area contributed by atoms with Crippen LogP contribution in [-0.2, 0) is 16.1 Å². The highest BCUT2D eigenvalue weighted by Gasteiger charge is 2.43. The number of halogens is 4. The molecule has 4 aromatic rings. The summed E-state index contributed by atoms with van der Waals surface area (Å²) in [5, 5.41) is 0.993. The fourth-order valence-corrected chi connectivity index (χ4v) is 5.57. The monoisotopic (exact) mass is 553 g/mol. The number of alkyl halides is 3. The van der Waals surface area contributed by atoms with E-state index in [-0.39, 0.29) is 30.2 Å². The van der Waals surface area contributed by atoms with Gasteiger partial charge in [0.15, 0.2) is 0 Å². The van der Waals surface area contributed by atoms with Crippen molar-refractivity contribution in [2.75, 3.05) is 6.61 Å². The second kappa shape index (κ2) is 11.0. The fourth-order valence-electron chi connectivity index (χ4n) is 5.57. The number of ether oxygens (including phenoxy) is 2. The average molecular weight is 554 g/mol. The van der Waals surface area contributed by atoms with Crippen LogP contribution in [-0.4, -0.2) is 23.3 Å². The molecule has 3 aromatic carbocycles. The van der Waals surface area contributed by atoms with Crippen molar-refractivity contribution in [1.82, 2.24) is 4.57 Å². The van der Waals surface area contributed by atoms with Gasteiger partial charge in [-0.2, -0.15) is 13.2 Å². The molecule has 0 radical (unpaired) electrons. The maximum absolute atomic E-state index is 14.2. The minimum atomic E-state index is -5.00. The number of aromatic nitrogens is 1. The quantitative estimate of drug-likeness (QED) is 0.163. The first-order valence-electron chi connectivity index (χ1n) is 13.4. The molecule has 8 heteroatoms. The Hall–Kier alpha value is -3.81. The number of carbonyl (C=O) groups excluding carboxylic acids is 1. The van der Waals surface area contributed by atoms with Crippen LogP contribution >= 0.6 is 0 Å². The molecule has 0 aliphatic heterocycles. The lowest BCUT2D eigenvalue weighted by Crippen LogP contribution is -2.32. The summed E-state index contributed by atoms with van der Waals surface area (Å²) in [5.41, 5.74) is 5.54. The summed E-state index contributed by atoms with van der Waals surface area (Å²) in [7, 11) is 0. The van der Waals surface area contributed by atoms with Crippen LogP contribution in [0.1, 0.15) is 60.9 Å². The van der Waals surface area contributed by atoms with E-state index in [1.54, 1.807) is 13.0 Å². The fraction of sp³-hybridized carbons (Fsp3) is 0.344. The molecule has 0 saturated heterocycles. The van der Waals surface area contributed by atoms with Crippen molar-refractivity contribution in [3.8, 4) is 11.4 Å². The summed E-state index contributed by atoms with van der Waals surface area (Å²) in [6, 6.07) is 20.8. The average Bonchev–Trinajstić information content (AvgIpc) is 3.22. The van der Waals surface area contributed by atoms with Gasteiger partial charge in [0.05, 0.1) is 12.1 Å². The normalized spacial score (nSPS) is 17.2. The Balaban J connectivity index is 1.52. The molecule has 1 aliphatic carbocycles. The van der Waals surface area contributed by atoms with Crippen LogP contribution in [0.3, 0.4) is 0 Å². The smallest absolute Gasteiger partial charge is 0.489 e. The van der Waals surface area contributed by atoms with E-state index in [0.717, 1.165) is 33.4 Å². The van der Waals surface area contributed by atoms with E-state index in [1.807, 2.05) is 54.6 Å². The van der Waals surface area contributed by atoms with Gasteiger partial charge in [0.25, 0.3) is 0 Å². The van der Waals surface area contributed by atoms with Crippen LogP contribution in [0.15, 0.2) is 66.7 Å². The lowest BCUT2D eigenvalue weighted by molar-refractivity contribution is -0.201. The second-order valence-corrected chi connectivity index (χ2v) is 10.8. The lowest BCUT2D eigenvalue weighted by atomic mass is 9.70. The van der Waals surface area contributed by atoms with Gasteiger partial charge >= 0.3 is 12.1 Å². The maximum atomic E-state index is 14.2. The SMILES string of the molecule is Cc1cc(-n2c(C(C)C)c(C3CC(COC(=O)C(F)(F)F)C3)c3cc(OCc4ccccc4)ccc32)ccc1F. The van der Waals surface area contributed by atoms with E-state index in [2.05, 4.69) is 23.2 Å². The van der Waals surface area contributed by atoms with Gasteiger partial charge in [-0.3, -0.25) is 0 Å². The molecule has 0 spiro atoms. The van der Waals surface area contributed by atoms with Gasteiger partial charge in [-0.1, -0.05) is 44.2 Å². The van der Waals surface area contributed by atoms with Crippen molar-refractivity contribution in [2.45, 2.75) is 58.2 Å².